The van der Waals surface area contributed by atoms with Crippen molar-refractivity contribution in [2.24, 2.45) is 5.14 Å². The van der Waals surface area contributed by atoms with Crippen LogP contribution in [0.3, 0.4) is 0 Å². The van der Waals surface area contributed by atoms with Gasteiger partial charge in [0, 0.05) is 23.3 Å². The molecule has 0 aliphatic heterocycles. The first kappa shape index (κ1) is 19.5. The molecule has 1 saturated carbocycles. The Morgan fingerprint density at radius 3 is 2.62 bits per heavy atom. The number of nitrogens with one attached hydrogen (secondary N) is 1. The molecule has 4 rings (SSSR count). The van der Waals surface area contributed by atoms with Gasteiger partial charge >= 0.3 is 0 Å². The highest BCUT2D eigenvalue weighted by atomic mass is 32.2. The second kappa shape index (κ2) is 6.93. The van der Waals surface area contributed by atoms with E-state index in [-0.39, 0.29) is 16.8 Å². The maximum atomic E-state index is 13.1. The zero-order valence-corrected chi connectivity index (χ0v) is 17.3. The monoisotopic (exact) mass is 413 g/mol. The standard InChI is InChI=1S/C20H23N5O3S/c1-11(2)25-19-16(10-22-25)15(9-17(24-19)13-5-6-13)20(26)23-14-7-4-12(3)18(8-14)29(21,27)28/h4,7-11,13H,5-6H2,1-3H3,(H,23,26)(H2,21,27,28). The summed E-state index contributed by atoms with van der Waals surface area (Å²) < 4.78 is 25.4. The van der Waals surface area contributed by atoms with Crippen molar-refractivity contribution < 1.29 is 13.2 Å². The molecule has 3 N–H and O–H groups in total. The molecule has 0 radical (unpaired) electrons. The first-order valence-corrected chi connectivity index (χ1v) is 11.0. The van der Waals surface area contributed by atoms with Crippen LogP contribution in [0.15, 0.2) is 35.4 Å². The number of aromatic nitrogens is 3. The second-order valence-corrected chi connectivity index (χ2v) is 9.30. The van der Waals surface area contributed by atoms with E-state index in [4.69, 9.17) is 10.1 Å². The molecule has 1 amide bonds. The summed E-state index contributed by atoms with van der Waals surface area (Å²) in [5.74, 6) is 0.0293. The summed E-state index contributed by atoms with van der Waals surface area (Å²) in [4.78, 5) is 17.8. The minimum absolute atomic E-state index is 0.0125. The summed E-state index contributed by atoms with van der Waals surface area (Å²) in [7, 11) is -3.88. The van der Waals surface area contributed by atoms with E-state index in [0.29, 0.717) is 33.8 Å². The van der Waals surface area contributed by atoms with Gasteiger partial charge in [-0.15, -0.1) is 0 Å². The van der Waals surface area contributed by atoms with Crippen LogP contribution >= 0.6 is 0 Å². The van der Waals surface area contributed by atoms with Crippen molar-refractivity contribution in [2.75, 3.05) is 5.32 Å². The van der Waals surface area contributed by atoms with Crippen molar-refractivity contribution >= 4 is 32.7 Å². The fourth-order valence-corrected chi connectivity index (χ4v) is 4.18. The number of rotatable bonds is 5. The Morgan fingerprint density at radius 2 is 2.00 bits per heavy atom. The molecule has 9 heteroatoms. The molecule has 1 fully saturated rings. The van der Waals surface area contributed by atoms with Gasteiger partial charge < -0.3 is 5.32 Å². The van der Waals surface area contributed by atoms with Gasteiger partial charge in [-0.25, -0.2) is 23.2 Å². The minimum atomic E-state index is -3.88. The number of aryl methyl sites for hydroxylation is 1. The number of sulfonamides is 1. The number of hydrogen-bond donors (Lipinski definition) is 2. The smallest absolute Gasteiger partial charge is 0.256 e. The average molecular weight is 414 g/mol. The summed E-state index contributed by atoms with van der Waals surface area (Å²) in [5, 5.41) is 13.1. The minimum Gasteiger partial charge on any atom is -0.322 e. The van der Waals surface area contributed by atoms with E-state index in [0.717, 1.165) is 18.5 Å². The van der Waals surface area contributed by atoms with E-state index in [2.05, 4.69) is 10.4 Å². The summed E-state index contributed by atoms with van der Waals surface area (Å²) in [6.45, 7) is 5.68. The molecule has 0 atom stereocenters. The number of primary sulfonamides is 1. The molecule has 1 aliphatic rings. The summed E-state index contributed by atoms with van der Waals surface area (Å²) in [6, 6.07) is 6.57. The van der Waals surface area contributed by atoms with E-state index in [9.17, 15) is 13.2 Å². The van der Waals surface area contributed by atoms with Crippen LogP contribution in [0.4, 0.5) is 5.69 Å². The van der Waals surface area contributed by atoms with Crippen molar-refractivity contribution in [3.05, 3.63) is 47.3 Å². The number of pyridine rings is 1. The number of anilines is 1. The summed E-state index contributed by atoms with van der Waals surface area (Å²) >= 11 is 0. The van der Waals surface area contributed by atoms with Gasteiger partial charge in [0.1, 0.15) is 0 Å². The summed E-state index contributed by atoms with van der Waals surface area (Å²) in [5.41, 5.74) is 2.93. The van der Waals surface area contributed by atoms with Gasteiger partial charge in [-0.1, -0.05) is 6.07 Å². The number of fused-ring (bicyclic) bond motifs is 1. The molecular formula is C20H23N5O3S. The maximum absolute atomic E-state index is 13.1. The number of benzene rings is 1. The fourth-order valence-electron chi connectivity index (χ4n) is 3.37. The van der Waals surface area contributed by atoms with Crippen LogP contribution in [0.5, 0.6) is 0 Å². The van der Waals surface area contributed by atoms with Crippen LogP contribution in [0.25, 0.3) is 11.0 Å². The van der Waals surface area contributed by atoms with Gasteiger partial charge in [0.2, 0.25) is 10.0 Å². The largest absolute Gasteiger partial charge is 0.322 e. The van der Waals surface area contributed by atoms with E-state index in [1.54, 1.807) is 25.3 Å². The van der Waals surface area contributed by atoms with E-state index in [1.807, 2.05) is 24.6 Å². The van der Waals surface area contributed by atoms with E-state index >= 15 is 0 Å². The molecule has 8 nitrogen and oxygen atoms in total. The van der Waals surface area contributed by atoms with Gasteiger partial charge in [0.15, 0.2) is 5.65 Å². The van der Waals surface area contributed by atoms with Crippen molar-refractivity contribution in [2.45, 2.75) is 50.5 Å². The Bertz CT molecular complexity index is 1230. The Morgan fingerprint density at radius 1 is 1.28 bits per heavy atom. The molecule has 0 unspecified atom stereocenters. The highest BCUT2D eigenvalue weighted by molar-refractivity contribution is 7.89. The third-order valence-corrected chi connectivity index (χ3v) is 6.12. The van der Waals surface area contributed by atoms with Crippen LogP contribution in [0, 0.1) is 6.92 Å². The topological polar surface area (TPSA) is 120 Å². The Hall–Kier alpha value is -2.78. The van der Waals surface area contributed by atoms with Crippen LogP contribution in [-0.2, 0) is 10.0 Å². The van der Waals surface area contributed by atoms with Crippen molar-refractivity contribution in [3.63, 3.8) is 0 Å². The van der Waals surface area contributed by atoms with Crippen LogP contribution in [0.2, 0.25) is 0 Å². The lowest BCUT2D eigenvalue weighted by Gasteiger charge is -2.12. The van der Waals surface area contributed by atoms with Crippen LogP contribution in [0.1, 0.15) is 60.3 Å². The van der Waals surface area contributed by atoms with Crippen molar-refractivity contribution in [1.29, 1.82) is 0 Å². The lowest BCUT2D eigenvalue weighted by atomic mass is 10.1. The molecule has 1 aliphatic carbocycles. The third-order valence-electron chi connectivity index (χ3n) is 5.07. The number of carbonyl (C=O) groups excluding carboxylic acids is 1. The van der Waals surface area contributed by atoms with Crippen LogP contribution in [-0.4, -0.2) is 29.1 Å². The quantitative estimate of drug-likeness (QED) is 0.666. The predicted octanol–water partition coefficient (Wildman–Crippen LogP) is 3.10. The molecule has 1 aromatic carbocycles. The maximum Gasteiger partial charge on any atom is 0.256 e. The van der Waals surface area contributed by atoms with Crippen molar-refractivity contribution in [3.8, 4) is 0 Å². The zero-order valence-electron chi connectivity index (χ0n) is 16.5. The Balaban J connectivity index is 1.76. The number of nitrogens with two attached hydrogens (primary N) is 1. The molecule has 2 heterocycles. The van der Waals surface area contributed by atoms with Gasteiger partial charge in [0.05, 0.1) is 22.0 Å². The SMILES string of the molecule is Cc1ccc(NC(=O)c2cc(C3CC3)nc3c2cnn3C(C)C)cc1S(N)(=O)=O. The van der Waals surface area contributed by atoms with E-state index < -0.39 is 10.0 Å². The lowest BCUT2D eigenvalue weighted by molar-refractivity contribution is 0.102. The summed E-state index contributed by atoms with van der Waals surface area (Å²) in [6.07, 6.45) is 3.77. The number of nitrogens with zero attached hydrogens (tertiary/aromatic N) is 3. The highest BCUT2D eigenvalue weighted by Gasteiger charge is 2.28. The highest BCUT2D eigenvalue weighted by Crippen LogP contribution is 2.40. The number of amides is 1. The average Bonchev–Trinajstić information content (AvgIpc) is 3.40. The second-order valence-electron chi connectivity index (χ2n) is 7.77. The first-order chi connectivity index (χ1) is 13.6. The Labute approximate surface area is 169 Å². The van der Waals surface area contributed by atoms with Gasteiger partial charge in [-0.05, 0) is 57.4 Å². The molecule has 29 heavy (non-hydrogen) atoms. The Kier molecular flexibility index (Phi) is 4.66. The number of carbonyl (C=O) groups is 1. The normalized spacial score (nSPS) is 14.5. The molecule has 0 bridgehead atoms. The van der Waals surface area contributed by atoms with Gasteiger partial charge in [0.25, 0.3) is 5.91 Å². The van der Waals surface area contributed by atoms with Crippen LogP contribution < -0.4 is 10.5 Å². The van der Waals surface area contributed by atoms with E-state index in [1.165, 1.54) is 6.07 Å². The first-order valence-electron chi connectivity index (χ1n) is 9.48. The molecular weight excluding hydrogens is 390 g/mol. The number of hydrogen-bond acceptors (Lipinski definition) is 5. The molecule has 3 aromatic rings. The fraction of sp³-hybridized carbons (Fsp3) is 0.350. The third kappa shape index (κ3) is 3.75. The molecule has 0 saturated heterocycles. The predicted molar refractivity (Wildman–Crippen MR) is 110 cm³/mol. The van der Waals surface area contributed by atoms with Gasteiger partial charge in [-0.2, -0.15) is 5.10 Å². The molecule has 2 aromatic heterocycles. The van der Waals surface area contributed by atoms with Gasteiger partial charge in [-0.3, -0.25) is 4.79 Å². The molecule has 152 valence electrons. The lowest BCUT2D eigenvalue weighted by Crippen LogP contribution is -2.16. The molecule has 0 spiro atoms. The van der Waals surface area contributed by atoms with Crippen molar-refractivity contribution in [1.82, 2.24) is 14.8 Å². The zero-order chi connectivity index (χ0) is 20.9.